The molecule has 1 N–H and O–H groups in total. The Morgan fingerprint density at radius 1 is 0.789 bits per heavy atom. The van der Waals surface area contributed by atoms with E-state index in [0.29, 0.717) is 12.3 Å². The first-order valence-electron chi connectivity index (χ1n) is 8.42. The molecule has 0 saturated carbocycles. The molecular formula is C17H34O2. The Hall–Kier alpha value is -0.530. The van der Waals surface area contributed by atoms with Crippen LogP contribution in [0.15, 0.2) is 0 Å². The summed E-state index contributed by atoms with van der Waals surface area (Å²) in [6.45, 7) is 4.42. The van der Waals surface area contributed by atoms with Crippen molar-refractivity contribution in [3.05, 3.63) is 0 Å². The van der Waals surface area contributed by atoms with Gasteiger partial charge < -0.3 is 5.11 Å². The molecule has 0 aliphatic rings. The highest BCUT2D eigenvalue weighted by Crippen LogP contribution is 2.21. The number of carbonyl (C=O) groups is 1. The molecule has 0 fully saturated rings. The van der Waals surface area contributed by atoms with Gasteiger partial charge in [0.2, 0.25) is 0 Å². The summed E-state index contributed by atoms with van der Waals surface area (Å²) in [6.07, 6.45) is 15.6. The topological polar surface area (TPSA) is 37.3 Å². The van der Waals surface area contributed by atoms with Crippen LogP contribution < -0.4 is 0 Å². The summed E-state index contributed by atoms with van der Waals surface area (Å²) in [7, 11) is 0. The van der Waals surface area contributed by atoms with Gasteiger partial charge in [-0.25, -0.2) is 0 Å². The van der Waals surface area contributed by atoms with Crippen molar-refractivity contribution < 1.29 is 9.90 Å². The zero-order valence-corrected chi connectivity index (χ0v) is 13.1. The van der Waals surface area contributed by atoms with Crippen molar-refractivity contribution >= 4 is 5.97 Å². The third-order valence-corrected chi connectivity index (χ3v) is 3.90. The fourth-order valence-corrected chi connectivity index (χ4v) is 2.66. The van der Waals surface area contributed by atoms with Crippen LogP contribution in [0.2, 0.25) is 0 Å². The van der Waals surface area contributed by atoms with Gasteiger partial charge in [-0.05, 0) is 18.8 Å². The summed E-state index contributed by atoms with van der Waals surface area (Å²) in [5.41, 5.74) is 0. The highest BCUT2D eigenvalue weighted by Gasteiger charge is 2.12. The molecule has 0 radical (unpaired) electrons. The number of carboxylic acid groups (broad SMARTS) is 1. The van der Waals surface area contributed by atoms with Gasteiger partial charge in [0.05, 0.1) is 0 Å². The van der Waals surface area contributed by atoms with E-state index in [1.54, 1.807) is 0 Å². The van der Waals surface area contributed by atoms with E-state index in [4.69, 9.17) is 5.11 Å². The van der Waals surface area contributed by atoms with Crippen LogP contribution in [0.1, 0.15) is 97.3 Å². The van der Waals surface area contributed by atoms with Gasteiger partial charge in [0.15, 0.2) is 0 Å². The SMILES string of the molecule is CCCCCCCCCCC(CCCC)CC(=O)O. The second-order valence-corrected chi connectivity index (χ2v) is 5.87. The van der Waals surface area contributed by atoms with Crippen LogP contribution in [0.4, 0.5) is 0 Å². The van der Waals surface area contributed by atoms with Gasteiger partial charge in [-0.15, -0.1) is 0 Å². The fourth-order valence-electron chi connectivity index (χ4n) is 2.66. The minimum Gasteiger partial charge on any atom is -0.481 e. The monoisotopic (exact) mass is 270 g/mol. The van der Waals surface area contributed by atoms with Gasteiger partial charge in [0.1, 0.15) is 0 Å². The molecule has 0 aliphatic carbocycles. The molecule has 2 heteroatoms. The molecule has 0 saturated heterocycles. The predicted molar refractivity (Wildman–Crippen MR) is 82.5 cm³/mol. The summed E-state index contributed by atoms with van der Waals surface area (Å²) in [4.78, 5) is 10.8. The van der Waals surface area contributed by atoms with Crippen LogP contribution in [-0.2, 0) is 4.79 Å². The molecule has 0 rings (SSSR count). The van der Waals surface area contributed by atoms with E-state index in [-0.39, 0.29) is 0 Å². The van der Waals surface area contributed by atoms with E-state index in [1.807, 2.05) is 0 Å². The number of hydrogen-bond donors (Lipinski definition) is 1. The van der Waals surface area contributed by atoms with Gasteiger partial charge in [-0.1, -0.05) is 78.1 Å². The van der Waals surface area contributed by atoms with Crippen LogP contribution in [0, 0.1) is 5.92 Å². The van der Waals surface area contributed by atoms with Gasteiger partial charge in [0.25, 0.3) is 0 Å². The quantitative estimate of drug-likeness (QED) is 0.405. The molecule has 0 spiro atoms. The van der Waals surface area contributed by atoms with Crippen molar-refractivity contribution in [1.29, 1.82) is 0 Å². The summed E-state index contributed by atoms with van der Waals surface area (Å²) in [5, 5.41) is 8.91. The first-order chi connectivity index (χ1) is 9.20. The number of aliphatic carboxylic acids is 1. The molecule has 2 nitrogen and oxygen atoms in total. The smallest absolute Gasteiger partial charge is 0.303 e. The van der Waals surface area contributed by atoms with Crippen LogP contribution in [-0.4, -0.2) is 11.1 Å². The van der Waals surface area contributed by atoms with Gasteiger partial charge in [-0.2, -0.15) is 0 Å². The molecule has 1 unspecified atom stereocenters. The molecule has 0 aromatic heterocycles. The molecule has 1 atom stereocenters. The zero-order valence-electron chi connectivity index (χ0n) is 13.1. The Labute approximate surface area is 120 Å². The number of carboxylic acids is 1. The molecule has 114 valence electrons. The van der Waals surface area contributed by atoms with Crippen LogP contribution in [0.25, 0.3) is 0 Å². The van der Waals surface area contributed by atoms with E-state index >= 15 is 0 Å². The molecular weight excluding hydrogens is 236 g/mol. The van der Waals surface area contributed by atoms with E-state index in [2.05, 4.69) is 13.8 Å². The average Bonchev–Trinajstić information content (AvgIpc) is 2.38. The lowest BCUT2D eigenvalue weighted by Crippen LogP contribution is -2.08. The zero-order chi connectivity index (χ0) is 14.3. The minimum atomic E-state index is -0.624. The average molecular weight is 270 g/mol. The Kier molecular flexibility index (Phi) is 13.5. The minimum absolute atomic E-state index is 0.372. The summed E-state index contributed by atoms with van der Waals surface area (Å²) in [6, 6.07) is 0. The van der Waals surface area contributed by atoms with Gasteiger partial charge in [-0.3, -0.25) is 4.79 Å². The summed E-state index contributed by atoms with van der Waals surface area (Å²) >= 11 is 0. The number of unbranched alkanes of at least 4 members (excludes halogenated alkanes) is 8. The second-order valence-electron chi connectivity index (χ2n) is 5.87. The predicted octanol–water partition coefficient (Wildman–Crippen LogP) is 5.80. The molecule has 0 aromatic rings. The maximum absolute atomic E-state index is 10.8. The van der Waals surface area contributed by atoms with Crippen LogP contribution in [0.5, 0.6) is 0 Å². The van der Waals surface area contributed by atoms with Crippen LogP contribution in [0.3, 0.4) is 0 Å². The number of rotatable bonds is 14. The summed E-state index contributed by atoms with van der Waals surface area (Å²) in [5.74, 6) is -0.210. The summed E-state index contributed by atoms with van der Waals surface area (Å²) < 4.78 is 0. The van der Waals surface area contributed by atoms with Gasteiger partial charge >= 0.3 is 5.97 Å². The molecule has 0 aromatic carbocycles. The van der Waals surface area contributed by atoms with Crippen molar-refractivity contribution in [1.82, 2.24) is 0 Å². The van der Waals surface area contributed by atoms with Gasteiger partial charge in [0, 0.05) is 6.42 Å². The van der Waals surface area contributed by atoms with E-state index < -0.39 is 5.97 Å². The molecule has 0 bridgehead atoms. The van der Waals surface area contributed by atoms with Crippen molar-refractivity contribution in [2.75, 3.05) is 0 Å². The Morgan fingerprint density at radius 3 is 1.79 bits per heavy atom. The highest BCUT2D eigenvalue weighted by atomic mass is 16.4. The maximum Gasteiger partial charge on any atom is 0.303 e. The fraction of sp³-hybridized carbons (Fsp3) is 0.941. The first kappa shape index (κ1) is 18.5. The highest BCUT2D eigenvalue weighted by molar-refractivity contribution is 5.66. The van der Waals surface area contributed by atoms with Crippen molar-refractivity contribution in [3.63, 3.8) is 0 Å². The third-order valence-electron chi connectivity index (χ3n) is 3.90. The van der Waals surface area contributed by atoms with E-state index in [1.165, 1.54) is 64.2 Å². The van der Waals surface area contributed by atoms with Crippen LogP contribution >= 0.6 is 0 Å². The largest absolute Gasteiger partial charge is 0.481 e. The molecule has 19 heavy (non-hydrogen) atoms. The van der Waals surface area contributed by atoms with Crippen molar-refractivity contribution in [3.8, 4) is 0 Å². The molecule has 0 aliphatic heterocycles. The van der Waals surface area contributed by atoms with Crippen molar-refractivity contribution in [2.24, 2.45) is 5.92 Å². The van der Waals surface area contributed by atoms with E-state index in [0.717, 1.165) is 12.8 Å². The Balaban J connectivity index is 3.48. The second kappa shape index (κ2) is 13.9. The number of hydrogen-bond acceptors (Lipinski definition) is 1. The lowest BCUT2D eigenvalue weighted by atomic mass is 9.92. The van der Waals surface area contributed by atoms with Crippen molar-refractivity contribution in [2.45, 2.75) is 97.3 Å². The molecule has 0 heterocycles. The third kappa shape index (κ3) is 13.7. The molecule has 0 amide bonds. The lowest BCUT2D eigenvalue weighted by molar-refractivity contribution is -0.138. The lowest BCUT2D eigenvalue weighted by Gasteiger charge is -2.14. The maximum atomic E-state index is 10.8. The first-order valence-corrected chi connectivity index (χ1v) is 8.42. The normalized spacial score (nSPS) is 12.5. The Morgan fingerprint density at radius 2 is 1.26 bits per heavy atom. The Bertz CT molecular complexity index is 201. The standard InChI is InChI=1S/C17H34O2/c1-3-5-7-8-9-10-11-12-14-16(13-6-4-2)15-17(18)19/h16H,3-15H2,1-2H3,(H,18,19). The van der Waals surface area contributed by atoms with E-state index in [9.17, 15) is 4.79 Å².